The molecular weight excluding hydrogens is 508 g/mol. The molecule has 1 aliphatic heterocycles. The van der Waals surface area contributed by atoms with Gasteiger partial charge in [-0.3, -0.25) is 19.4 Å². The van der Waals surface area contributed by atoms with Crippen LogP contribution in [0.1, 0.15) is 49.7 Å². The van der Waals surface area contributed by atoms with Gasteiger partial charge in [-0.1, -0.05) is 54.6 Å². The summed E-state index contributed by atoms with van der Waals surface area (Å²) in [5.74, 6) is -2.62. The molecule has 1 saturated heterocycles. The standard InChI is InChI=1S/C31H38N4O5/c1-32-29(36)28-15-8-18-34-35(28)30(37)24(17-16-23-12-5-6-14-26(23)27-20-40-21-33-27)19-25(31(38)39)13-7-11-22-9-3-2-4-10-22/h2-6,9-10,12,14,20-21,24-25,28,34H,7-8,11,13,15-19H2,1H3,(H,32,36)(H,38,39). The summed E-state index contributed by atoms with van der Waals surface area (Å²) in [4.78, 5) is 43.2. The number of carboxylic acid groups (broad SMARTS) is 1. The third kappa shape index (κ3) is 7.57. The van der Waals surface area contributed by atoms with Gasteiger partial charge in [-0.15, -0.1) is 0 Å². The number of amides is 2. The SMILES string of the molecule is CNC(=O)C1CCCNN1C(=O)C(CCc1ccccc1-c1cocn1)CC(CCCc1ccccc1)C(=O)O. The highest BCUT2D eigenvalue weighted by Gasteiger charge is 2.37. The molecule has 0 radical (unpaired) electrons. The Morgan fingerprint density at radius 2 is 1.85 bits per heavy atom. The van der Waals surface area contributed by atoms with E-state index in [1.54, 1.807) is 13.3 Å². The number of nitrogens with one attached hydrogen (secondary N) is 2. The maximum atomic E-state index is 14.0. The van der Waals surface area contributed by atoms with Crippen molar-refractivity contribution in [2.75, 3.05) is 13.6 Å². The fourth-order valence-electron chi connectivity index (χ4n) is 5.47. The van der Waals surface area contributed by atoms with Crippen LogP contribution in [0.15, 0.2) is 71.7 Å². The highest BCUT2D eigenvalue weighted by Crippen LogP contribution is 2.29. The molecule has 0 bridgehead atoms. The van der Waals surface area contributed by atoms with E-state index in [9.17, 15) is 19.5 Å². The zero-order valence-corrected chi connectivity index (χ0v) is 22.9. The summed E-state index contributed by atoms with van der Waals surface area (Å²) in [6.07, 6.45) is 7.44. The van der Waals surface area contributed by atoms with Crippen molar-refractivity contribution in [1.82, 2.24) is 20.7 Å². The molecule has 3 unspecified atom stereocenters. The van der Waals surface area contributed by atoms with Gasteiger partial charge in [0, 0.05) is 25.1 Å². The predicted molar refractivity (Wildman–Crippen MR) is 151 cm³/mol. The number of nitrogens with zero attached hydrogens (tertiary/aromatic N) is 2. The van der Waals surface area contributed by atoms with Gasteiger partial charge >= 0.3 is 5.97 Å². The van der Waals surface area contributed by atoms with Crippen LogP contribution in [0.5, 0.6) is 0 Å². The smallest absolute Gasteiger partial charge is 0.306 e. The molecule has 3 aromatic rings. The molecule has 1 aromatic heterocycles. The fourth-order valence-corrected chi connectivity index (χ4v) is 5.47. The van der Waals surface area contributed by atoms with Crippen LogP contribution in [-0.4, -0.2) is 52.5 Å². The van der Waals surface area contributed by atoms with E-state index in [-0.39, 0.29) is 18.2 Å². The second kappa shape index (κ2) is 14.4. The zero-order chi connectivity index (χ0) is 28.3. The summed E-state index contributed by atoms with van der Waals surface area (Å²) in [6, 6.07) is 17.2. The molecule has 9 nitrogen and oxygen atoms in total. The number of aryl methyl sites for hydroxylation is 2. The molecule has 0 spiro atoms. The highest BCUT2D eigenvalue weighted by atomic mass is 16.4. The minimum atomic E-state index is -0.900. The molecule has 9 heteroatoms. The molecule has 1 fully saturated rings. The first kappa shape index (κ1) is 29.0. The first-order valence-electron chi connectivity index (χ1n) is 14.0. The Hall–Kier alpha value is -3.98. The van der Waals surface area contributed by atoms with Gasteiger partial charge in [0.25, 0.3) is 0 Å². The Balaban J connectivity index is 1.53. The van der Waals surface area contributed by atoms with E-state index in [2.05, 4.69) is 15.7 Å². The molecule has 40 heavy (non-hydrogen) atoms. The lowest BCUT2D eigenvalue weighted by Crippen LogP contribution is -2.59. The van der Waals surface area contributed by atoms with E-state index in [4.69, 9.17) is 4.42 Å². The number of hydrogen-bond acceptors (Lipinski definition) is 6. The van der Waals surface area contributed by atoms with Gasteiger partial charge < -0.3 is 14.8 Å². The highest BCUT2D eigenvalue weighted by molar-refractivity contribution is 5.88. The number of benzene rings is 2. The van der Waals surface area contributed by atoms with Crippen LogP contribution in [0.25, 0.3) is 11.3 Å². The van der Waals surface area contributed by atoms with Crippen LogP contribution in [0, 0.1) is 11.8 Å². The van der Waals surface area contributed by atoms with E-state index >= 15 is 0 Å². The Morgan fingerprint density at radius 1 is 1.07 bits per heavy atom. The normalized spacial score (nSPS) is 16.7. The largest absolute Gasteiger partial charge is 0.481 e. The van der Waals surface area contributed by atoms with Crippen molar-refractivity contribution in [2.45, 2.75) is 57.4 Å². The van der Waals surface area contributed by atoms with Crippen LogP contribution in [-0.2, 0) is 27.2 Å². The van der Waals surface area contributed by atoms with E-state index in [0.717, 1.165) is 29.5 Å². The van der Waals surface area contributed by atoms with Crippen LogP contribution >= 0.6 is 0 Å². The first-order valence-corrected chi connectivity index (χ1v) is 14.0. The number of hydrazine groups is 1. The number of likely N-dealkylation sites (N-methyl/N-ethyl adjacent to an activating group) is 1. The molecule has 3 N–H and O–H groups in total. The monoisotopic (exact) mass is 546 g/mol. The van der Waals surface area contributed by atoms with Gasteiger partial charge in [0.15, 0.2) is 6.39 Å². The van der Waals surface area contributed by atoms with E-state index in [1.165, 1.54) is 11.4 Å². The average Bonchev–Trinajstić information content (AvgIpc) is 3.53. The summed E-state index contributed by atoms with van der Waals surface area (Å²) in [6.45, 7) is 0.584. The number of oxazole rings is 1. The number of aromatic nitrogens is 1. The number of hydrogen-bond donors (Lipinski definition) is 3. The van der Waals surface area contributed by atoms with Crippen LogP contribution in [0.2, 0.25) is 0 Å². The fraction of sp³-hybridized carbons (Fsp3) is 0.419. The zero-order valence-electron chi connectivity index (χ0n) is 22.9. The molecule has 2 aromatic carbocycles. The Morgan fingerprint density at radius 3 is 2.58 bits per heavy atom. The molecule has 2 amide bonds. The summed E-state index contributed by atoms with van der Waals surface area (Å²) in [5.41, 5.74) is 6.90. The second-order valence-electron chi connectivity index (χ2n) is 10.3. The lowest BCUT2D eigenvalue weighted by molar-refractivity contribution is -0.151. The molecule has 212 valence electrons. The second-order valence-corrected chi connectivity index (χ2v) is 10.3. The third-order valence-electron chi connectivity index (χ3n) is 7.65. The topological polar surface area (TPSA) is 125 Å². The van der Waals surface area contributed by atoms with Crippen molar-refractivity contribution in [1.29, 1.82) is 0 Å². The maximum absolute atomic E-state index is 14.0. The summed E-state index contributed by atoms with van der Waals surface area (Å²) in [5, 5.41) is 14.2. The van der Waals surface area contributed by atoms with Crippen LogP contribution in [0.3, 0.4) is 0 Å². The van der Waals surface area contributed by atoms with Crippen molar-refractivity contribution in [3.63, 3.8) is 0 Å². The Kier molecular flexibility index (Phi) is 10.5. The van der Waals surface area contributed by atoms with Crippen molar-refractivity contribution >= 4 is 17.8 Å². The number of rotatable bonds is 13. The number of carbonyl (C=O) groups excluding carboxylic acids is 2. The van der Waals surface area contributed by atoms with Crippen molar-refractivity contribution in [3.05, 3.63) is 78.4 Å². The molecule has 2 heterocycles. The van der Waals surface area contributed by atoms with E-state index < -0.39 is 23.8 Å². The molecular formula is C31H38N4O5. The van der Waals surface area contributed by atoms with Gasteiger partial charge in [0.2, 0.25) is 11.8 Å². The predicted octanol–water partition coefficient (Wildman–Crippen LogP) is 4.25. The first-order chi connectivity index (χ1) is 19.5. The maximum Gasteiger partial charge on any atom is 0.306 e. The lowest BCUT2D eigenvalue weighted by Gasteiger charge is -2.37. The molecule has 3 atom stereocenters. The summed E-state index contributed by atoms with van der Waals surface area (Å²) >= 11 is 0. The van der Waals surface area contributed by atoms with Gasteiger partial charge in [-0.25, -0.2) is 10.4 Å². The number of aliphatic carboxylic acids is 1. The minimum Gasteiger partial charge on any atom is -0.481 e. The van der Waals surface area contributed by atoms with Crippen LogP contribution in [0.4, 0.5) is 0 Å². The molecule has 0 aliphatic carbocycles. The Bertz CT molecular complexity index is 1250. The van der Waals surface area contributed by atoms with Gasteiger partial charge in [0.05, 0.1) is 5.92 Å². The van der Waals surface area contributed by atoms with E-state index in [1.807, 2.05) is 54.6 Å². The van der Waals surface area contributed by atoms with Gasteiger partial charge in [0.1, 0.15) is 18.0 Å². The molecule has 0 saturated carbocycles. The lowest BCUT2D eigenvalue weighted by atomic mass is 9.85. The number of carbonyl (C=O) groups is 3. The van der Waals surface area contributed by atoms with Crippen molar-refractivity contribution < 1.29 is 23.9 Å². The van der Waals surface area contributed by atoms with Crippen molar-refractivity contribution in [3.8, 4) is 11.3 Å². The quantitative estimate of drug-likeness (QED) is 0.293. The van der Waals surface area contributed by atoms with Gasteiger partial charge in [-0.2, -0.15) is 0 Å². The average molecular weight is 547 g/mol. The Labute approximate surface area is 235 Å². The number of carboxylic acids is 1. The summed E-state index contributed by atoms with van der Waals surface area (Å²) in [7, 11) is 1.56. The molecule has 1 aliphatic rings. The summed E-state index contributed by atoms with van der Waals surface area (Å²) < 4.78 is 5.18. The van der Waals surface area contributed by atoms with Gasteiger partial charge in [-0.05, 0) is 62.5 Å². The van der Waals surface area contributed by atoms with Crippen molar-refractivity contribution in [2.24, 2.45) is 11.8 Å². The van der Waals surface area contributed by atoms with Crippen LogP contribution < -0.4 is 10.7 Å². The third-order valence-corrected chi connectivity index (χ3v) is 7.65. The van der Waals surface area contributed by atoms with E-state index in [0.29, 0.717) is 44.3 Å². The minimum absolute atomic E-state index is 0.202. The molecule has 4 rings (SSSR count).